The van der Waals surface area contributed by atoms with Crippen molar-refractivity contribution >= 4 is 12.1 Å². The largest absolute Gasteiger partial charge is 0.376 e. The minimum atomic E-state index is -0.544. The van der Waals surface area contributed by atoms with Crippen LogP contribution in [0.3, 0.4) is 0 Å². The quantitative estimate of drug-likeness (QED) is 0.818. The Bertz CT molecular complexity index is 721. The number of carbonyl (C=O) groups is 1. The number of nitrogens with one attached hydrogen (secondary N) is 1. The van der Waals surface area contributed by atoms with Gasteiger partial charge in [0.1, 0.15) is 42.8 Å². The van der Waals surface area contributed by atoms with Gasteiger partial charge in [0.05, 0.1) is 5.56 Å². The lowest BCUT2D eigenvalue weighted by molar-refractivity contribution is -0.895. The molecule has 1 aromatic carbocycles. The van der Waals surface area contributed by atoms with E-state index in [1.54, 1.807) is 13.1 Å². The van der Waals surface area contributed by atoms with Gasteiger partial charge >= 0.3 is 0 Å². The Hall–Kier alpha value is -2.28. The van der Waals surface area contributed by atoms with E-state index in [1.165, 1.54) is 18.2 Å². The topological polar surface area (TPSA) is 44.7 Å². The van der Waals surface area contributed by atoms with Gasteiger partial charge in [-0.25, -0.2) is 8.78 Å². The van der Waals surface area contributed by atoms with Crippen LogP contribution in [0, 0.1) is 11.6 Å². The Balaban J connectivity index is 1.67. The average molecular weight is 363 g/mol. The summed E-state index contributed by atoms with van der Waals surface area (Å²) in [4.78, 5) is 13.3. The number of carbonyl (C=O) groups excluding carboxylic acids is 1. The van der Waals surface area contributed by atoms with Crippen LogP contribution >= 0.6 is 0 Å². The van der Waals surface area contributed by atoms with E-state index in [4.69, 9.17) is 0 Å². The third-order valence-corrected chi connectivity index (χ3v) is 5.16. The summed E-state index contributed by atoms with van der Waals surface area (Å²) >= 11 is 0. The number of allylic oxidation sites excluding steroid dienone is 1. The molecule has 0 aromatic heterocycles. The molecule has 7 heteroatoms. The third-order valence-electron chi connectivity index (χ3n) is 5.16. The highest BCUT2D eigenvalue weighted by molar-refractivity contribution is 5.78. The lowest BCUT2D eigenvalue weighted by Gasteiger charge is -2.32. The van der Waals surface area contributed by atoms with Crippen LogP contribution in [0.25, 0.3) is 0 Å². The van der Waals surface area contributed by atoms with Gasteiger partial charge in [0.25, 0.3) is 0 Å². The standard InChI is InChI=1S/C19H25F2N4O/c1-3-25(13-17-18(20)5-4-6-19(17)21)12-16(11-22-25)23-15-7-9-24(10-8-15)14(2)26/h4-6,11-12,15,23H,3,7-10,13H2,1-2H3/q+1. The van der Waals surface area contributed by atoms with Crippen LogP contribution in [0.15, 0.2) is 35.2 Å². The SMILES string of the molecule is CC[N+]1(Cc2c(F)cccc2F)C=C(NC2CCN(C(C)=O)CC2)C=N1. The number of likely N-dealkylation sites (tertiary alicyclic amines) is 1. The molecule has 140 valence electrons. The van der Waals surface area contributed by atoms with Gasteiger partial charge in [-0.3, -0.25) is 4.79 Å². The summed E-state index contributed by atoms with van der Waals surface area (Å²) in [7, 11) is 0. The first-order valence-electron chi connectivity index (χ1n) is 9.02. The normalized spacial score (nSPS) is 23.2. The molecule has 0 radical (unpaired) electrons. The zero-order chi connectivity index (χ0) is 18.7. The molecule has 1 aromatic rings. The van der Waals surface area contributed by atoms with Crippen LogP contribution in [0.2, 0.25) is 0 Å². The maximum absolute atomic E-state index is 14.0. The molecule has 1 unspecified atom stereocenters. The molecule has 26 heavy (non-hydrogen) atoms. The van der Waals surface area contributed by atoms with Gasteiger partial charge in [-0.15, -0.1) is 0 Å². The van der Waals surface area contributed by atoms with Crippen LogP contribution < -0.4 is 5.32 Å². The number of rotatable bonds is 5. The molecule has 1 fully saturated rings. The molecule has 0 aliphatic carbocycles. The number of hydrogen-bond donors (Lipinski definition) is 1. The van der Waals surface area contributed by atoms with Crippen molar-refractivity contribution in [2.75, 3.05) is 19.6 Å². The summed E-state index contributed by atoms with van der Waals surface area (Å²) in [6.07, 6.45) is 5.40. The maximum Gasteiger partial charge on any atom is 0.219 e. The van der Waals surface area contributed by atoms with E-state index in [2.05, 4.69) is 10.4 Å². The van der Waals surface area contributed by atoms with Gasteiger partial charge < -0.3 is 10.2 Å². The molecule has 3 rings (SSSR count). The number of benzene rings is 1. The van der Waals surface area contributed by atoms with Crippen LogP contribution in [0.4, 0.5) is 8.78 Å². The fourth-order valence-corrected chi connectivity index (χ4v) is 3.48. The molecule has 1 saturated heterocycles. The highest BCUT2D eigenvalue weighted by Crippen LogP contribution is 2.25. The summed E-state index contributed by atoms with van der Waals surface area (Å²) in [5, 5.41) is 7.96. The van der Waals surface area contributed by atoms with Crippen molar-refractivity contribution in [3.8, 4) is 0 Å². The molecule has 2 heterocycles. The van der Waals surface area contributed by atoms with Crippen LogP contribution in [0.1, 0.15) is 32.3 Å². The number of quaternary nitrogens is 1. The predicted molar refractivity (Wildman–Crippen MR) is 95.9 cm³/mol. The summed E-state index contributed by atoms with van der Waals surface area (Å²) in [6, 6.07) is 4.19. The van der Waals surface area contributed by atoms with Gasteiger partial charge in [0, 0.05) is 26.1 Å². The van der Waals surface area contributed by atoms with Crippen molar-refractivity contribution in [2.24, 2.45) is 5.10 Å². The molecule has 1 atom stereocenters. The van der Waals surface area contributed by atoms with Gasteiger partial charge in [-0.2, -0.15) is 4.59 Å². The minimum Gasteiger partial charge on any atom is -0.376 e. The highest BCUT2D eigenvalue weighted by Gasteiger charge is 2.32. The average Bonchev–Trinajstić information content (AvgIpc) is 3.02. The van der Waals surface area contributed by atoms with E-state index in [-0.39, 0.29) is 28.6 Å². The van der Waals surface area contributed by atoms with Crippen molar-refractivity contribution in [3.63, 3.8) is 0 Å². The molecule has 0 spiro atoms. The Kier molecular flexibility index (Phi) is 5.36. The van der Waals surface area contributed by atoms with Crippen LogP contribution in [-0.4, -0.2) is 47.3 Å². The van der Waals surface area contributed by atoms with E-state index in [0.29, 0.717) is 6.54 Å². The second kappa shape index (κ2) is 7.53. The van der Waals surface area contributed by atoms with Gasteiger partial charge in [-0.05, 0) is 31.9 Å². The summed E-state index contributed by atoms with van der Waals surface area (Å²) in [6.45, 7) is 5.75. The Labute approximate surface area is 152 Å². The Morgan fingerprint density at radius 2 is 1.96 bits per heavy atom. The lowest BCUT2D eigenvalue weighted by atomic mass is 10.0. The second-order valence-electron chi connectivity index (χ2n) is 6.92. The molecular weight excluding hydrogens is 338 g/mol. The van der Waals surface area contributed by atoms with E-state index < -0.39 is 11.6 Å². The maximum atomic E-state index is 14.0. The fourth-order valence-electron chi connectivity index (χ4n) is 3.48. The monoisotopic (exact) mass is 363 g/mol. The van der Waals surface area contributed by atoms with E-state index in [0.717, 1.165) is 31.6 Å². The van der Waals surface area contributed by atoms with Gasteiger partial charge in [0.2, 0.25) is 5.91 Å². The molecule has 5 nitrogen and oxygen atoms in total. The molecule has 1 amide bonds. The zero-order valence-corrected chi connectivity index (χ0v) is 15.2. The number of piperidine rings is 1. The molecule has 1 N–H and O–H groups in total. The van der Waals surface area contributed by atoms with Crippen molar-refractivity contribution < 1.29 is 18.2 Å². The van der Waals surface area contributed by atoms with Crippen LogP contribution in [-0.2, 0) is 11.3 Å². The van der Waals surface area contributed by atoms with Crippen molar-refractivity contribution in [1.82, 2.24) is 10.2 Å². The summed E-state index contributed by atoms with van der Waals surface area (Å²) in [5.41, 5.74) is 0.920. The third kappa shape index (κ3) is 3.93. The molecule has 0 saturated carbocycles. The Morgan fingerprint density at radius 1 is 1.31 bits per heavy atom. The first-order valence-corrected chi connectivity index (χ1v) is 9.02. The molecule has 2 aliphatic rings. The molecular formula is C19H25F2N4O+. The number of hydrogen-bond acceptors (Lipinski definition) is 3. The molecule has 0 bridgehead atoms. The molecule has 2 aliphatic heterocycles. The van der Waals surface area contributed by atoms with Crippen molar-refractivity contribution in [2.45, 2.75) is 39.3 Å². The van der Waals surface area contributed by atoms with E-state index in [9.17, 15) is 13.6 Å². The van der Waals surface area contributed by atoms with Crippen LogP contribution in [0.5, 0.6) is 0 Å². The van der Waals surface area contributed by atoms with E-state index in [1.807, 2.05) is 18.0 Å². The fraction of sp³-hybridized carbons (Fsp3) is 0.474. The highest BCUT2D eigenvalue weighted by atomic mass is 19.1. The minimum absolute atomic E-state index is 0.0544. The first-order chi connectivity index (χ1) is 12.4. The predicted octanol–water partition coefficient (Wildman–Crippen LogP) is 2.74. The summed E-state index contributed by atoms with van der Waals surface area (Å²) in [5.74, 6) is -0.978. The number of halogens is 2. The number of nitrogens with zero attached hydrogens (tertiary/aromatic N) is 3. The Morgan fingerprint density at radius 3 is 2.54 bits per heavy atom. The van der Waals surface area contributed by atoms with E-state index >= 15 is 0 Å². The summed E-state index contributed by atoms with van der Waals surface area (Å²) < 4.78 is 28.2. The lowest BCUT2D eigenvalue weighted by Crippen LogP contribution is -2.44. The first kappa shape index (κ1) is 18.5. The van der Waals surface area contributed by atoms with Gasteiger partial charge in [-0.1, -0.05) is 11.2 Å². The van der Waals surface area contributed by atoms with Crippen molar-refractivity contribution in [1.29, 1.82) is 0 Å². The van der Waals surface area contributed by atoms with Gasteiger partial charge in [0.15, 0.2) is 0 Å². The smallest absolute Gasteiger partial charge is 0.219 e. The second-order valence-corrected chi connectivity index (χ2v) is 6.92. The number of amides is 1. The van der Waals surface area contributed by atoms with Crippen molar-refractivity contribution in [3.05, 3.63) is 47.3 Å². The zero-order valence-electron chi connectivity index (χ0n) is 15.2.